The first-order valence-corrected chi connectivity index (χ1v) is 7.68. The summed E-state index contributed by atoms with van der Waals surface area (Å²) in [5.41, 5.74) is 2.01. The number of hydrogen-bond donors (Lipinski definition) is 2. The molecule has 0 spiro atoms. The van der Waals surface area contributed by atoms with Crippen molar-refractivity contribution in [2.24, 2.45) is 0 Å². The highest BCUT2D eigenvalue weighted by Gasteiger charge is 2.17. The highest BCUT2D eigenvalue weighted by molar-refractivity contribution is 5.75. The van der Waals surface area contributed by atoms with Gasteiger partial charge in [-0.15, -0.1) is 0 Å². The predicted octanol–water partition coefficient (Wildman–Crippen LogP) is 2.83. The van der Waals surface area contributed by atoms with Crippen molar-refractivity contribution < 1.29 is 14.6 Å². The van der Waals surface area contributed by atoms with Crippen LogP contribution in [0.25, 0.3) is 11.0 Å². The second-order valence-corrected chi connectivity index (χ2v) is 5.49. The molecule has 1 aromatic heterocycles. The van der Waals surface area contributed by atoms with E-state index in [9.17, 15) is 9.50 Å². The van der Waals surface area contributed by atoms with Crippen molar-refractivity contribution in [3.8, 4) is 0 Å². The monoisotopic (exact) mass is 314 g/mol. The van der Waals surface area contributed by atoms with Crippen LogP contribution in [0, 0.1) is 5.82 Å². The quantitative estimate of drug-likeness (QED) is 0.735. The Kier molecular flexibility index (Phi) is 4.69. The number of nitrogens with zero attached hydrogens (tertiary/aromatic N) is 2. The summed E-state index contributed by atoms with van der Waals surface area (Å²) in [4.78, 5) is 4.57. The third-order valence-corrected chi connectivity index (χ3v) is 3.91. The summed E-state index contributed by atoms with van der Waals surface area (Å²) in [6, 6.07) is 13.9. The van der Waals surface area contributed by atoms with Gasteiger partial charge in [-0.1, -0.05) is 30.3 Å². The van der Waals surface area contributed by atoms with Gasteiger partial charge in [0.25, 0.3) is 0 Å². The van der Waals surface area contributed by atoms with E-state index in [0.717, 1.165) is 16.9 Å². The van der Waals surface area contributed by atoms with Crippen LogP contribution in [0.4, 0.5) is 4.39 Å². The molecule has 0 aliphatic heterocycles. The van der Waals surface area contributed by atoms with Crippen molar-refractivity contribution in [2.75, 3.05) is 6.61 Å². The molecule has 23 heavy (non-hydrogen) atoms. The minimum absolute atomic E-state index is 0.0824. The normalized spacial score (nSPS) is 12.7. The van der Waals surface area contributed by atoms with Crippen molar-refractivity contribution in [2.45, 2.75) is 25.5 Å². The van der Waals surface area contributed by atoms with Crippen LogP contribution in [0.1, 0.15) is 23.9 Å². The molecular weight excluding hydrogens is 295 g/mol. The molecule has 0 aliphatic carbocycles. The Morgan fingerprint density at radius 3 is 2.61 bits per heavy atom. The largest absolute Gasteiger partial charge is 0.396 e. The Balaban J connectivity index is 1.96. The number of benzene rings is 2. The molecule has 0 amide bonds. The Hall–Kier alpha value is -2.24. The molecule has 1 atom stereocenters. The van der Waals surface area contributed by atoms with Gasteiger partial charge in [0, 0.05) is 18.6 Å². The Bertz CT molecular complexity index is 801. The first-order valence-electron chi connectivity index (χ1n) is 7.68. The third-order valence-electron chi connectivity index (χ3n) is 3.91. The van der Waals surface area contributed by atoms with E-state index in [1.54, 1.807) is 18.2 Å². The number of rotatable bonds is 6. The second-order valence-electron chi connectivity index (χ2n) is 5.49. The molecule has 0 fully saturated rings. The van der Waals surface area contributed by atoms with Crippen LogP contribution in [0.2, 0.25) is 0 Å². The Morgan fingerprint density at radius 2 is 1.83 bits per heavy atom. The smallest absolute Gasteiger partial charge is 0.129 e. The molecule has 0 unspecified atom stereocenters. The van der Waals surface area contributed by atoms with Crippen LogP contribution in [0.15, 0.2) is 48.5 Å². The molecule has 0 saturated heterocycles. The van der Waals surface area contributed by atoms with E-state index >= 15 is 0 Å². The summed E-state index contributed by atoms with van der Waals surface area (Å²) < 4.78 is 15.8. The lowest BCUT2D eigenvalue weighted by atomic mass is 10.1. The van der Waals surface area contributed by atoms with Crippen LogP contribution < -0.4 is 0 Å². The van der Waals surface area contributed by atoms with Gasteiger partial charge in [0.05, 0.1) is 23.7 Å². The van der Waals surface area contributed by atoms with Gasteiger partial charge in [-0.2, -0.15) is 0 Å². The summed E-state index contributed by atoms with van der Waals surface area (Å²) in [6.45, 7) is 0.307. The van der Waals surface area contributed by atoms with E-state index in [4.69, 9.17) is 5.11 Å². The molecule has 0 aliphatic rings. The number of imidazole rings is 1. The molecule has 0 saturated carbocycles. The van der Waals surface area contributed by atoms with Gasteiger partial charge in [0.15, 0.2) is 0 Å². The van der Waals surface area contributed by atoms with E-state index in [1.807, 2.05) is 28.8 Å². The Labute approximate surface area is 133 Å². The maximum absolute atomic E-state index is 13.9. The lowest BCUT2D eigenvalue weighted by Gasteiger charge is -2.15. The average molecular weight is 314 g/mol. The first kappa shape index (κ1) is 15.6. The lowest BCUT2D eigenvalue weighted by Crippen LogP contribution is -2.13. The van der Waals surface area contributed by atoms with Crippen LogP contribution >= 0.6 is 0 Å². The zero-order chi connectivity index (χ0) is 16.2. The minimum atomic E-state index is -0.957. The summed E-state index contributed by atoms with van der Waals surface area (Å²) in [6.07, 6.45) is 0.246. The van der Waals surface area contributed by atoms with Crippen LogP contribution in [-0.4, -0.2) is 26.4 Å². The zero-order valence-corrected chi connectivity index (χ0v) is 12.7. The zero-order valence-electron chi connectivity index (χ0n) is 12.7. The number of hydrogen-bond acceptors (Lipinski definition) is 3. The van der Waals surface area contributed by atoms with E-state index in [1.165, 1.54) is 6.07 Å². The van der Waals surface area contributed by atoms with Gasteiger partial charge in [-0.25, -0.2) is 9.37 Å². The molecular formula is C18H19FN2O2. The fraction of sp³-hybridized carbons (Fsp3) is 0.278. The molecule has 4 nitrogen and oxygen atoms in total. The molecule has 3 aromatic rings. The van der Waals surface area contributed by atoms with Crippen molar-refractivity contribution in [1.82, 2.24) is 9.55 Å². The van der Waals surface area contributed by atoms with E-state index < -0.39 is 11.9 Å². The third kappa shape index (κ3) is 3.25. The topological polar surface area (TPSA) is 58.3 Å². The molecule has 0 bridgehead atoms. The number of aliphatic hydroxyl groups excluding tert-OH is 2. The van der Waals surface area contributed by atoms with Gasteiger partial charge >= 0.3 is 0 Å². The fourth-order valence-electron chi connectivity index (χ4n) is 2.77. The molecule has 2 aromatic carbocycles. The average Bonchev–Trinajstić information content (AvgIpc) is 2.91. The fourth-order valence-corrected chi connectivity index (χ4v) is 2.77. The maximum atomic E-state index is 13.9. The van der Waals surface area contributed by atoms with E-state index in [0.29, 0.717) is 12.8 Å². The van der Waals surface area contributed by atoms with Gasteiger partial charge < -0.3 is 14.8 Å². The second kappa shape index (κ2) is 6.89. The number of aryl methyl sites for hydroxylation is 1. The summed E-state index contributed by atoms with van der Waals surface area (Å²) in [5, 5.41) is 19.5. The van der Waals surface area contributed by atoms with E-state index in [-0.39, 0.29) is 18.7 Å². The van der Waals surface area contributed by atoms with Crippen LogP contribution in [-0.2, 0) is 13.0 Å². The highest BCUT2D eigenvalue weighted by Crippen LogP contribution is 2.23. The molecule has 0 radical (unpaired) electrons. The minimum Gasteiger partial charge on any atom is -0.396 e. The lowest BCUT2D eigenvalue weighted by molar-refractivity contribution is 0.152. The molecule has 1 heterocycles. The molecule has 3 rings (SSSR count). The summed E-state index contributed by atoms with van der Waals surface area (Å²) in [7, 11) is 0. The van der Waals surface area contributed by atoms with Gasteiger partial charge in [-0.05, 0) is 24.6 Å². The SMILES string of the molecule is OCCCc1nc2ccccc2n1C[C@H](O)c1ccccc1F. The number of halogens is 1. The molecule has 5 heteroatoms. The van der Waals surface area contributed by atoms with Crippen LogP contribution in [0.5, 0.6) is 0 Å². The van der Waals surface area contributed by atoms with Crippen LogP contribution in [0.3, 0.4) is 0 Å². The van der Waals surface area contributed by atoms with E-state index in [2.05, 4.69) is 4.98 Å². The standard InChI is InChI=1S/C18H19FN2O2/c19-14-7-2-1-6-13(14)17(23)12-21-16-9-4-3-8-15(16)20-18(21)10-5-11-22/h1-4,6-9,17,22-23H,5,10-12H2/t17-/m0/s1. The molecule has 2 N–H and O–H groups in total. The molecule has 120 valence electrons. The van der Waals surface area contributed by atoms with Gasteiger partial charge in [0.1, 0.15) is 11.6 Å². The predicted molar refractivity (Wildman–Crippen MR) is 86.5 cm³/mol. The maximum Gasteiger partial charge on any atom is 0.129 e. The van der Waals surface area contributed by atoms with Crippen molar-refractivity contribution in [3.05, 3.63) is 65.7 Å². The summed E-state index contributed by atoms with van der Waals surface area (Å²) >= 11 is 0. The van der Waals surface area contributed by atoms with Gasteiger partial charge in [0.2, 0.25) is 0 Å². The number of aliphatic hydroxyl groups is 2. The van der Waals surface area contributed by atoms with Crippen molar-refractivity contribution >= 4 is 11.0 Å². The Morgan fingerprint density at radius 1 is 1.09 bits per heavy atom. The van der Waals surface area contributed by atoms with Crippen molar-refractivity contribution in [1.29, 1.82) is 0 Å². The first-order chi connectivity index (χ1) is 11.2. The van der Waals surface area contributed by atoms with Gasteiger partial charge in [-0.3, -0.25) is 0 Å². The number of aromatic nitrogens is 2. The highest BCUT2D eigenvalue weighted by atomic mass is 19.1. The van der Waals surface area contributed by atoms with Crippen molar-refractivity contribution in [3.63, 3.8) is 0 Å². The number of fused-ring (bicyclic) bond motifs is 1. The number of para-hydroxylation sites is 2. The summed E-state index contributed by atoms with van der Waals surface area (Å²) in [5.74, 6) is 0.372.